The third kappa shape index (κ3) is 1.06. The van der Waals surface area contributed by atoms with Crippen molar-refractivity contribution in [2.45, 2.75) is 4.99 Å². The van der Waals surface area contributed by atoms with Crippen LogP contribution in [-0.4, -0.2) is 21.3 Å². The van der Waals surface area contributed by atoms with Gasteiger partial charge >= 0.3 is 0 Å². The maximum absolute atomic E-state index is 5.01. The zero-order valence-corrected chi connectivity index (χ0v) is 7.60. The fraction of sp³-hybridized carbons (Fsp3) is 0.200. The van der Waals surface area contributed by atoms with E-state index in [9.17, 15) is 0 Å². The van der Waals surface area contributed by atoms with Gasteiger partial charge in [-0.1, -0.05) is 17.4 Å². The lowest BCUT2D eigenvalue weighted by atomic mass is 10.5. The van der Waals surface area contributed by atoms with Crippen LogP contribution in [-0.2, 0) is 4.94 Å². The van der Waals surface area contributed by atoms with E-state index < -0.39 is 4.99 Å². The molecule has 1 atom stereocenters. The molecule has 7 heteroatoms. The summed E-state index contributed by atoms with van der Waals surface area (Å²) in [5, 5.41) is 4.97. The average Bonchev–Trinajstić information content (AvgIpc) is 2.36. The second-order valence-electron chi connectivity index (χ2n) is 2.28. The van der Waals surface area contributed by atoms with Crippen molar-refractivity contribution in [2.24, 2.45) is 5.16 Å². The van der Waals surface area contributed by atoms with Crippen molar-refractivity contribution in [1.82, 2.24) is 15.9 Å². The predicted molar refractivity (Wildman–Crippen MR) is 51.1 cm³/mol. The Morgan fingerprint density at radius 1 is 1.75 bits per heavy atom. The summed E-state index contributed by atoms with van der Waals surface area (Å²) in [6.07, 6.45) is 4.84. The average molecular weight is 202 g/mol. The van der Waals surface area contributed by atoms with Crippen LogP contribution in [0.15, 0.2) is 17.4 Å². The molecule has 0 aliphatic carbocycles. The van der Waals surface area contributed by atoms with E-state index in [0.29, 0.717) is 4.99 Å². The smallest absolute Gasteiger partial charge is 0.230 e. The molecule has 1 unspecified atom stereocenters. The minimum Gasteiger partial charge on any atom is -0.325 e. The third-order valence-corrected chi connectivity index (χ3v) is 2.15. The van der Waals surface area contributed by atoms with Crippen LogP contribution in [0.1, 0.15) is 0 Å². The topological polar surface area (TPSA) is 48.9 Å². The molecule has 2 aliphatic rings. The summed E-state index contributed by atoms with van der Waals surface area (Å²) >= 11 is 9.29. The van der Waals surface area contributed by atoms with Crippen molar-refractivity contribution in [3.05, 3.63) is 12.3 Å². The van der Waals surface area contributed by atoms with Crippen molar-refractivity contribution < 1.29 is 4.94 Å². The number of nitrogens with one attached hydrogen (secondary N) is 2. The first-order valence-corrected chi connectivity index (χ1v) is 4.05. The Balaban J connectivity index is 2.31. The van der Waals surface area contributed by atoms with Gasteiger partial charge in [-0.2, -0.15) is 5.43 Å². The second-order valence-corrected chi connectivity index (χ2v) is 3.38. The van der Waals surface area contributed by atoms with Crippen molar-refractivity contribution >= 4 is 36.0 Å². The lowest BCUT2D eigenvalue weighted by Gasteiger charge is -2.27. The minimum atomic E-state index is -0.805. The minimum absolute atomic E-state index is 0.500. The van der Waals surface area contributed by atoms with E-state index in [-0.39, 0.29) is 0 Å². The molecule has 2 aliphatic heterocycles. The van der Waals surface area contributed by atoms with Crippen LogP contribution in [0.25, 0.3) is 0 Å². The van der Waals surface area contributed by atoms with Gasteiger partial charge in [0.2, 0.25) is 4.99 Å². The normalized spacial score (nSPS) is 32.4. The molecule has 0 spiro atoms. The highest BCUT2D eigenvalue weighted by Crippen LogP contribution is 2.22. The third-order valence-electron chi connectivity index (χ3n) is 1.44. The summed E-state index contributed by atoms with van der Waals surface area (Å²) in [5.41, 5.74) is 5.62. The Kier molecular flexibility index (Phi) is 1.71. The number of thiol groups is 1. The first-order valence-electron chi connectivity index (χ1n) is 3.20. The van der Waals surface area contributed by atoms with E-state index in [1.54, 1.807) is 12.3 Å². The van der Waals surface area contributed by atoms with Gasteiger partial charge in [-0.3, -0.25) is 4.94 Å². The van der Waals surface area contributed by atoms with Crippen LogP contribution in [0.3, 0.4) is 0 Å². The van der Waals surface area contributed by atoms with Gasteiger partial charge in [-0.15, -0.1) is 17.7 Å². The van der Waals surface area contributed by atoms with E-state index >= 15 is 0 Å². The van der Waals surface area contributed by atoms with Gasteiger partial charge in [-0.25, -0.2) is 0 Å². The Morgan fingerprint density at radius 3 is 3.42 bits per heavy atom. The quantitative estimate of drug-likeness (QED) is 0.373. The van der Waals surface area contributed by atoms with Crippen molar-refractivity contribution in [3.63, 3.8) is 0 Å². The number of fused-ring (bicyclic) bond motifs is 1. The van der Waals surface area contributed by atoms with Crippen LogP contribution in [0.2, 0.25) is 0 Å². The van der Waals surface area contributed by atoms with E-state index in [2.05, 4.69) is 28.6 Å². The lowest BCUT2D eigenvalue weighted by molar-refractivity contribution is -0.101. The molecule has 64 valence electrons. The van der Waals surface area contributed by atoms with Crippen LogP contribution in [0.4, 0.5) is 0 Å². The molecule has 0 bridgehead atoms. The number of hydroxylamine groups is 2. The highest BCUT2D eigenvalue weighted by molar-refractivity contribution is 7.83. The summed E-state index contributed by atoms with van der Waals surface area (Å²) in [7, 11) is 0. The van der Waals surface area contributed by atoms with Crippen LogP contribution in [0, 0.1) is 0 Å². The summed E-state index contributed by atoms with van der Waals surface area (Å²) < 4.78 is 0. The molecule has 0 saturated carbocycles. The SMILES string of the molecule is S=C1C=CNNC2(S)C=NON12. The monoisotopic (exact) mass is 202 g/mol. The largest absolute Gasteiger partial charge is 0.325 e. The van der Waals surface area contributed by atoms with E-state index in [1.807, 2.05) is 0 Å². The summed E-state index contributed by atoms with van der Waals surface area (Å²) in [6, 6.07) is 0. The molecule has 2 heterocycles. The molecule has 5 nitrogen and oxygen atoms in total. The Bertz CT molecular complexity index is 279. The number of hydrazine groups is 1. The predicted octanol–water partition coefficient (Wildman–Crippen LogP) is -0.248. The lowest BCUT2D eigenvalue weighted by Crippen LogP contribution is -2.56. The number of nitrogens with zero attached hydrogens (tertiary/aromatic N) is 2. The van der Waals surface area contributed by atoms with Crippen molar-refractivity contribution in [1.29, 1.82) is 0 Å². The van der Waals surface area contributed by atoms with Gasteiger partial charge in [0.1, 0.15) is 11.2 Å². The zero-order valence-electron chi connectivity index (χ0n) is 5.89. The highest BCUT2D eigenvalue weighted by atomic mass is 32.1. The van der Waals surface area contributed by atoms with Gasteiger partial charge in [0.25, 0.3) is 0 Å². The maximum atomic E-state index is 5.01. The molecule has 12 heavy (non-hydrogen) atoms. The van der Waals surface area contributed by atoms with Gasteiger partial charge in [-0.05, 0) is 6.08 Å². The molecular weight excluding hydrogens is 196 g/mol. The molecule has 0 amide bonds. The van der Waals surface area contributed by atoms with Crippen LogP contribution < -0.4 is 10.9 Å². The number of thiocarbonyl (C=S) groups is 1. The Hall–Kier alpha value is -0.790. The van der Waals surface area contributed by atoms with Gasteiger partial charge < -0.3 is 5.43 Å². The summed E-state index contributed by atoms with van der Waals surface area (Å²) in [6.45, 7) is 0. The standard InChI is InChI=1S/C5H6N4OS2/c11-4-1-2-6-8-5(12)3-7-10-9(4)5/h1-3,6,8,12H. The molecular formula is C5H6N4OS2. The van der Waals surface area contributed by atoms with Gasteiger partial charge in [0.05, 0.1) is 0 Å². The molecule has 0 aromatic carbocycles. The fourth-order valence-electron chi connectivity index (χ4n) is 0.879. The van der Waals surface area contributed by atoms with Crippen LogP contribution in [0.5, 0.6) is 0 Å². The van der Waals surface area contributed by atoms with E-state index in [4.69, 9.17) is 17.2 Å². The Morgan fingerprint density at radius 2 is 2.58 bits per heavy atom. The number of hydrogen-bond donors (Lipinski definition) is 3. The van der Waals surface area contributed by atoms with Crippen molar-refractivity contribution in [3.8, 4) is 0 Å². The fourth-order valence-corrected chi connectivity index (χ4v) is 1.45. The summed E-state index contributed by atoms with van der Waals surface area (Å²) in [4.78, 5) is 4.58. The molecule has 0 aromatic heterocycles. The molecule has 2 N–H and O–H groups in total. The maximum Gasteiger partial charge on any atom is 0.230 e. The molecule has 0 saturated heterocycles. The number of rotatable bonds is 0. The molecule has 0 aromatic rings. The molecule has 0 fully saturated rings. The number of hydrogen-bond acceptors (Lipinski definition) is 6. The summed E-state index contributed by atoms with van der Waals surface area (Å²) in [5.74, 6) is 0. The van der Waals surface area contributed by atoms with E-state index in [0.717, 1.165) is 0 Å². The molecule has 2 rings (SSSR count). The van der Waals surface area contributed by atoms with Crippen LogP contribution >= 0.6 is 24.8 Å². The van der Waals surface area contributed by atoms with Gasteiger partial charge in [0.15, 0.2) is 0 Å². The van der Waals surface area contributed by atoms with E-state index in [1.165, 1.54) is 11.3 Å². The van der Waals surface area contributed by atoms with Crippen molar-refractivity contribution in [2.75, 3.05) is 0 Å². The number of oxime groups is 1. The highest BCUT2D eigenvalue weighted by Gasteiger charge is 2.40. The molecule has 0 radical (unpaired) electrons. The first kappa shape index (κ1) is 7.84. The Labute approximate surface area is 79.8 Å². The first-order chi connectivity index (χ1) is 5.72. The van der Waals surface area contributed by atoms with Gasteiger partial charge in [0, 0.05) is 6.20 Å². The second kappa shape index (κ2) is 2.61. The zero-order chi connectivity index (χ0) is 8.60.